The highest BCUT2D eigenvalue weighted by Crippen LogP contribution is 2.39. The lowest BCUT2D eigenvalue weighted by atomic mass is 10.1. The summed E-state index contributed by atoms with van der Waals surface area (Å²) in [5.74, 6) is 0.929. The number of benzene rings is 1. The van der Waals surface area contributed by atoms with Gasteiger partial charge in [0.15, 0.2) is 0 Å². The Morgan fingerprint density at radius 2 is 2.31 bits per heavy atom. The first kappa shape index (κ1) is 10.2. The van der Waals surface area contributed by atoms with E-state index in [1.165, 1.54) is 36.8 Å². The average molecular weight is 216 g/mol. The van der Waals surface area contributed by atoms with Crippen molar-refractivity contribution in [2.24, 2.45) is 5.92 Å². The van der Waals surface area contributed by atoms with E-state index < -0.39 is 0 Å². The largest absolute Gasteiger partial charge is 0.399 e. The maximum atomic E-state index is 5.81. The van der Waals surface area contributed by atoms with Crippen molar-refractivity contribution < 1.29 is 0 Å². The van der Waals surface area contributed by atoms with Crippen molar-refractivity contribution in [1.82, 2.24) is 5.32 Å². The molecule has 0 amide bonds. The lowest BCUT2D eigenvalue weighted by Crippen LogP contribution is -2.22. The number of rotatable bonds is 3. The highest BCUT2D eigenvalue weighted by molar-refractivity contribution is 5.47. The maximum absolute atomic E-state index is 5.81. The van der Waals surface area contributed by atoms with E-state index in [0.29, 0.717) is 6.04 Å². The van der Waals surface area contributed by atoms with Gasteiger partial charge >= 0.3 is 0 Å². The summed E-state index contributed by atoms with van der Waals surface area (Å²) >= 11 is 0. The summed E-state index contributed by atoms with van der Waals surface area (Å²) < 4.78 is 0. The second-order valence-electron chi connectivity index (χ2n) is 5.23. The fourth-order valence-electron chi connectivity index (χ4n) is 2.97. The predicted molar refractivity (Wildman–Crippen MR) is 67.2 cm³/mol. The molecule has 1 fully saturated rings. The van der Waals surface area contributed by atoms with Gasteiger partial charge in [0.25, 0.3) is 0 Å². The Labute approximate surface area is 97.2 Å². The maximum Gasteiger partial charge on any atom is 0.0328 e. The fraction of sp³-hybridized carbons (Fsp3) is 0.571. The summed E-state index contributed by atoms with van der Waals surface area (Å²) in [4.78, 5) is 0. The first-order valence-corrected chi connectivity index (χ1v) is 6.42. The Hall–Kier alpha value is -1.02. The molecule has 0 bridgehead atoms. The third kappa shape index (κ3) is 1.71. The monoisotopic (exact) mass is 216 g/mol. The number of aryl methyl sites for hydroxylation is 1. The van der Waals surface area contributed by atoms with Crippen LogP contribution < -0.4 is 11.1 Å². The number of fused-ring (bicyclic) bond motifs is 1. The molecule has 0 radical (unpaired) electrons. The zero-order chi connectivity index (χ0) is 11.1. The molecule has 1 saturated carbocycles. The molecule has 0 heterocycles. The van der Waals surface area contributed by atoms with Crippen LogP contribution >= 0.6 is 0 Å². The summed E-state index contributed by atoms with van der Waals surface area (Å²) in [5.41, 5.74) is 9.65. The summed E-state index contributed by atoms with van der Waals surface area (Å²) in [7, 11) is 0. The molecule has 3 rings (SSSR count). The molecule has 2 aliphatic rings. The Balaban J connectivity index is 1.72. The van der Waals surface area contributed by atoms with Crippen LogP contribution in [0.3, 0.4) is 0 Å². The van der Waals surface area contributed by atoms with Gasteiger partial charge < -0.3 is 11.1 Å². The zero-order valence-electron chi connectivity index (χ0n) is 9.87. The molecular formula is C14H20N2. The topological polar surface area (TPSA) is 38.0 Å². The molecule has 2 heteroatoms. The van der Waals surface area contributed by atoms with E-state index >= 15 is 0 Å². The summed E-state index contributed by atoms with van der Waals surface area (Å²) in [6.45, 7) is 2.29. The van der Waals surface area contributed by atoms with Crippen LogP contribution in [0.25, 0.3) is 0 Å². The van der Waals surface area contributed by atoms with Gasteiger partial charge in [-0.2, -0.15) is 0 Å². The van der Waals surface area contributed by atoms with Crippen LogP contribution in [-0.4, -0.2) is 6.04 Å². The summed E-state index contributed by atoms with van der Waals surface area (Å²) in [6, 6.07) is 7.73. The van der Waals surface area contributed by atoms with E-state index in [1.807, 2.05) is 6.07 Å². The van der Waals surface area contributed by atoms with Crippen LogP contribution in [0.4, 0.5) is 5.69 Å². The van der Waals surface area contributed by atoms with Gasteiger partial charge in [-0.05, 0) is 48.4 Å². The Kier molecular flexibility index (Phi) is 2.40. The van der Waals surface area contributed by atoms with Gasteiger partial charge in [0.05, 0.1) is 0 Å². The molecule has 16 heavy (non-hydrogen) atoms. The van der Waals surface area contributed by atoms with Gasteiger partial charge in [0.2, 0.25) is 0 Å². The Bertz CT molecular complexity index is 400. The number of hydrogen-bond donors (Lipinski definition) is 2. The standard InChI is InChI=1S/C14H20N2/c1-2-9-8-14(9)16-13-6-3-10-7-11(15)4-5-12(10)13/h4-5,7,9,13-14,16H,2-3,6,8,15H2,1H3. The molecule has 3 N–H and O–H groups in total. The predicted octanol–water partition coefficient (Wildman–Crippen LogP) is 2.64. The average Bonchev–Trinajstić information content (AvgIpc) is 2.92. The smallest absolute Gasteiger partial charge is 0.0328 e. The normalized spacial score (nSPS) is 31.4. The van der Waals surface area contributed by atoms with Crippen LogP contribution in [0, 0.1) is 5.92 Å². The van der Waals surface area contributed by atoms with Crippen molar-refractivity contribution in [3.63, 3.8) is 0 Å². The molecule has 0 saturated heterocycles. The molecular weight excluding hydrogens is 196 g/mol. The van der Waals surface area contributed by atoms with Gasteiger partial charge in [-0.15, -0.1) is 0 Å². The highest BCUT2D eigenvalue weighted by Gasteiger charge is 2.37. The van der Waals surface area contributed by atoms with E-state index in [0.717, 1.165) is 17.6 Å². The van der Waals surface area contributed by atoms with Gasteiger partial charge in [-0.1, -0.05) is 19.4 Å². The quantitative estimate of drug-likeness (QED) is 0.762. The van der Waals surface area contributed by atoms with E-state index in [2.05, 4.69) is 24.4 Å². The van der Waals surface area contributed by atoms with Gasteiger partial charge in [0, 0.05) is 17.8 Å². The fourth-order valence-corrected chi connectivity index (χ4v) is 2.97. The SMILES string of the molecule is CCC1CC1NC1CCc2cc(N)ccc21. The molecule has 0 aromatic heterocycles. The lowest BCUT2D eigenvalue weighted by molar-refractivity contribution is 0.504. The van der Waals surface area contributed by atoms with E-state index in [9.17, 15) is 0 Å². The van der Waals surface area contributed by atoms with Crippen LogP contribution in [0.1, 0.15) is 43.4 Å². The van der Waals surface area contributed by atoms with Gasteiger partial charge in [-0.25, -0.2) is 0 Å². The molecule has 1 aromatic carbocycles. The number of hydrogen-bond acceptors (Lipinski definition) is 2. The Morgan fingerprint density at radius 3 is 3.06 bits per heavy atom. The van der Waals surface area contributed by atoms with Gasteiger partial charge in [-0.3, -0.25) is 0 Å². The van der Waals surface area contributed by atoms with E-state index in [-0.39, 0.29) is 0 Å². The van der Waals surface area contributed by atoms with Crippen molar-refractivity contribution in [3.8, 4) is 0 Å². The van der Waals surface area contributed by atoms with Crippen LogP contribution in [0.15, 0.2) is 18.2 Å². The summed E-state index contributed by atoms with van der Waals surface area (Å²) in [6.07, 6.45) is 5.11. The molecule has 1 aromatic rings. The van der Waals surface area contributed by atoms with Crippen molar-refractivity contribution in [1.29, 1.82) is 0 Å². The first-order chi connectivity index (χ1) is 7.78. The number of nitrogens with one attached hydrogen (secondary N) is 1. The van der Waals surface area contributed by atoms with Crippen LogP contribution in [0.2, 0.25) is 0 Å². The Morgan fingerprint density at radius 1 is 1.44 bits per heavy atom. The summed E-state index contributed by atoms with van der Waals surface area (Å²) in [5, 5.41) is 3.79. The molecule has 0 spiro atoms. The van der Waals surface area contributed by atoms with E-state index in [1.54, 1.807) is 0 Å². The van der Waals surface area contributed by atoms with Gasteiger partial charge in [0.1, 0.15) is 0 Å². The van der Waals surface area contributed by atoms with Crippen molar-refractivity contribution >= 4 is 5.69 Å². The molecule has 0 aliphatic heterocycles. The minimum Gasteiger partial charge on any atom is -0.399 e. The van der Waals surface area contributed by atoms with E-state index in [4.69, 9.17) is 5.73 Å². The minimum atomic E-state index is 0.581. The zero-order valence-corrected chi connectivity index (χ0v) is 9.87. The second-order valence-corrected chi connectivity index (χ2v) is 5.23. The van der Waals surface area contributed by atoms with Crippen molar-refractivity contribution in [2.75, 3.05) is 5.73 Å². The number of nitrogen functional groups attached to an aromatic ring is 1. The minimum absolute atomic E-state index is 0.581. The number of nitrogens with two attached hydrogens (primary N) is 1. The lowest BCUT2D eigenvalue weighted by Gasteiger charge is -2.14. The number of anilines is 1. The molecule has 86 valence electrons. The molecule has 3 atom stereocenters. The highest BCUT2D eigenvalue weighted by atomic mass is 15.0. The molecule has 2 nitrogen and oxygen atoms in total. The van der Waals surface area contributed by atoms with Crippen molar-refractivity contribution in [2.45, 2.75) is 44.7 Å². The van der Waals surface area contributed by atoms with Crippen LogP contribution in [0.5, 0.6) is 0 Å². The second kappa shape index (κ2) is 3.77. The van der Waals surface area contributed by atoms with Crippen LogP contribution in [-0.2, 0) is 6.42 Å². The third-order valence-corrected chi connectivity index (χ3v) is 4.11. The van der Waals surface area contributed by atoms with Crippen molar-refractivity contribution in [3.05, 3.63) is 29.3 Å². The molecule has 3 unspecified atom stereocenters. The molecule has 2 aliphatic carbocycles. The third-order valence-electron chi connectivity index (χ3n) is 4.11. The first-order valence-electron chi connectivity index (χ1n) is 6.42.